The van der Waals surface area contributed by atoms with Gasteiger partial charge in [0.05, 0.1) is 20.0 Å². The van der Waals surface area contributed by atoms with E-state index in [-0.39, 0.29) is 23.6 Å². The van der Waals surface area contributed by atoms with Crippen molar-refractivity contribution in [2.75, 3.05) is 20.7 Å². The molecule has 0 spiro atoms. The summed E-state index contributed by atoms with van der Waals surface area (Å²) in [5, 5.41) is 8.66. The largest absolute Gasteiger partial charge is 0.481 e. The minimum atomic E-state index is -3.71. The molecule has 112 valence electrons. The zero-order valence-corrected chi connectivity index (χ0v) is 12.7. The van der Waals surface area contributed by atoms with E-state index >= 15 is 0 Å². The molecule has 0 bridgehead atoms. The molecule has 1 heterocycles. The summed E-state index contributed by atoms with van der Waals surface area (Å²) < 4.78 is 29.9. The third-order valence-corrected chi connectivity index (χ3v) is 5.90. The molecule has 0 aliphatic rings. The van der Waals surface area contributed by atoms with Crippen LogP contribution in [0, 0.1) is 0 Å². The molecule has 1 aromatic rings. The summed E-state index contributed by atoms with van der Waals surface area (Å²) in [4.78, 5) is 22.0. The summed E-state index contributed by atoms with van der Waals surface area (Å²) in [7, 11) is -1.12. The minimum Gasteiger partial charge on any atom is -0.481 e. The lowest BCUT2D eigenvalue weighted by Crippen LogP contribution is -2.28. The van der Waals surface area contributed by atoms with Crippen molar-refractivity contribution in [3.8, 4) is 0 Å². The fraction of sp³-hybridized carbons (Fsp3) is 0.455. The molecule has 1 N–H and O–H groups in total. The van der Waals surface area contributed by atoms with Gasteiger partial charge in [0.2, 0.25) is 0 Å². The van der Waals surface area contributed by atoms with Crippen LogP contribution in [-0.2, 0) is 30.8 Å². The lowest BCUT2D eigenvalue weighted by Gasteiger charge is -2.14. The first-order valence-corrected chi connectivity index (χ1v) is 7.86. The first kappa shape index (κ1) is 16.6. The highest BCUT2D eigenvalue weighted by Gasteiger charge is 2.23. The molecule has 0 radical (unpaired) electrons. The van der Waals surface area contributed by atoms with Gasteiger partial charge in [-0.1, -0.05) is 0 Å². The van der Waals surface area contributed by atoms with Crippen molar-refractivity contribution in [3.05, 3.63) is 17.0 Å². The third-order valence-electron chi connectivity index (χ3n) is 2.49. The van der Waals surface area contributed by atoms with Crippen molar-refractivity contribution in [3.63, 3.8) is 0 Å². The average Bonchev–Trinajstić information content (AvgIpc) is 2.83. The van der Waals surface area contributed by atoms with Gasteiger partial charge >= 0.3 is 11.9 Å². The Hall–Kier alpha value is -1.45. The van der Waals surface area contributed by atoms with Crippen LogP contribution < -0.4 is 0 Å². The molecular formula is C11H15NO6S2. The maximum Gasteiger partial charge on any atom is 0.308 e. The number of carboxylic acid groups (broad SMARTS) is 1. The standard InChI is InChI=1S/C11H15NO6S2/c1-12(6-5-10(15)18-2)20(16,17)11-4-3-8(19-11)7-9(13)14/h3-4H,5-7H2,1-2H3,(H,13,14). The van der Waals surface area contributed by atoms with Crippen molar-refractivity contribution >= 4 is 33.3 Å². The Morgan fingerprint density at radius 2 is 2.05 bits per heavy atom. The van der Waals surface area contributed by atoms with Crippen LogP contribution >= 0.6 is 11.3 Å². The van der Waals surface area contributed by atoms with Crippen LogP contribution in [-0.4, -0.2) is 50.5 Å². The Morgan fingerprint density at radius 1 is 1.40 bits per heavy atom. The summed E-state index contributed by atoms with van der Waals surface area (Å²) in [5.74, 6) is -1.51. The molecule has 9 heteroatoms. The third kappa shape index (κ3) is 4.29. The van der Waals surface area contributed by atoms with Crippen molar-refractivity contribution in [2.45, 2.75) is 17.1 Å². The fourth-order valence-corrected chi connectivity index (χ4v) is 4.09. The number of carboxylic acids is 1. The number of sulfonamides is 1. The van der Waals surface area contributed by atoms with E-state index in [0.717, 1.165) is 15.6 Å². The van der Waals surface area contributed by atoms with E-state index in [2.05, 4.69) is 4.74 Å². The van der Waals surface area contributed by atoms with Gasteiger partial charge < -0.3 is 9.84 Å². The smallest absolute Gasteiger partial charge is 0.308 e. The number of carbonyl (C=O) groups is 2. The molecule has 0 fully saturated rings. The molecule has 7 nitrogen and oxygen atoms in total. The molecule has 1 aromatic heterocycles. The molecule has 20 heavy (non-hydrogen) atoms. The quantitative estimate of drug-likeness (QED) is 0.736. The van der Waals surface area contributed by atoms with Crippen molar-refractivity contribution in [1.29, 1.82) is 0 Å². The van der Waals surface area contributed by atoms with E-state index in [1.807, 2.05) is 0 Å². The number of rotatable bonds is 7. The number of nitrogens with zero attached hydrogens (tertiary/aromatic N) is 1. The van der Waals surface area contributed by atoms with E-state index in [9.17, 15) is 18.0 Å². The van der Waals surface area contributed by atoms with Gasteiger partial charge in [-0.3, -0.25) is 9.59 Å². The Bertz CT molecular complexity index is 592. The van der Waals surface area contributed by atoms with Gasteiger partial charge in [-0.15, -0.1) is 11.3 Å². The number of esters is 1. The Morgan fingerprint density at radius 3 is 2.60 bits per heavy atom. The Labute approximate surface area is 120 Å². The molecule has 0 aromatic carbocycles. The average molecular weight is 321 g/mol. The second-order valence-corrected chi connectivity index (χ2v) is 7.38. The topological polar surface area (TPSA) is 101 Å². The van der Waals surface area contributed by atoms with Gasteiger partial charge in [-0.05, 0) is 12.1 Å². The molecular weight excluding hydrogens is 306 g/mol. The molecule has 0 saturated carbocycles. The number of methoxy groups -OCH3 is 1. The zero-order valence-electron chi connectivity index (χ0n) is 11.0. The summed E-state index contributed by atoms with van der Waals surface area (Å²) in [6.45, 7) is 0.00116. The van der Waals surface area contributed by atoms with Gasteiger partial charge in [0.1, 0.15) is 4.21 Å². The molecule has 0 aliphatic carbocycles. The van der Waals surface area contributed by atoms with Crippen LogP contribution in [0.5, 0.6) is 0 Å². The normalized spacial score (nSPS) is 11.6. The summed E-state index contributed by atoms with van der Waals surface area (Å²) in [5.41, 5.74) is 0. The van der Waals surface area contributed by atoms with E-state index < -0.39 is 22.0 Å². The van der Waals surface area contributed by atoms with Crippen molar-refractivity contribution in [2.24, 2.45) is 0 Å². The fourth-order valence-electron chi connectivity index (χ4n) is 1.37. The number of hydrogen-bond acceptors (Lipinski definition) is 6. The summed E-state index contributed by atoms with van der Waals surface area (Å²) >= 11 is 0.910. The Kier molecular flexibility index (Phi) is 5.66. The van der Waals surface area contributed by atoms with Crippen molar-refractivity contribution < 1.29 is 27.9 Å². The van der Waals surface area contributed by atoms with E-state index in [1.165, 1.54) is 26.3 Å². The highest BCUT2D eigenvalue weighted by molar-refractivity contribution is 7.91. The van der Waals surface area contributed by atoms with Crippen LogP contribution in [0.3, 0.4) is 0 Å². The maximum atomic E-state index is 12.2. The first-order chi connectivity index (χ1) is 9.27. The highest BCUT2D eigenvalue weighted by Crippen LogP contribution is 2.24. The van der Waals surface area contributed by atoms with Crippen LogP contribution in [0.4, 0.5) is 0 Å². The first-order valence-electron chi connectivity index (χ1n) is 5.61. The number of carbonyl (C=O) groups excluding carboxylic acids is 1. The highest BCUT2D eigenvalue weighted by atomic mass is 32.2. The molecule has 0 aliphatic heterocycles. The van der Waals surface area contributed by atoms with E-state index in [0.29, 0.717) is 4.88 Å². The molecule has 0 unspecified atom stereocenters. The number of aliphatic carboxylic acids is 1. The minimum absolute atomic E-state index is 0.00116. The molecule has 0 amide bonds. The number of ether oxygens (including phenoxy) is 1. The van der Waals surface area contributed by atoms with E-state index in [1.54, 1.807) is 0 Å². The van der Waals surface area contributed by atoms with E-state index in [4.69, 9.17) is 5.11 Å². The van der Waals surface area contributed by atoms with Gasteiger partial charge in [0.25, 0.3) is 10.0 Å². The van der Waals surface area contributed by atoms with Crippen LogP contribution in [0.1, 0.15) is 11.3 Å². The van der Waals surface area contributed by atoms with Gasteiger partial charge in [-0.2, -0.15) is 4.31 Å². The van der Waals surface area contributed by atoms with Gasteiger partial charge in [0, 0.05) is 18.5 Å². The van der Waals surface area contributed by atoms with Crippen molar-refractivity contribution in [1.82, 2.24) is 4.31 Å². The summed E-state index contributed by atoms with van der Waals surface area (Å²) in [6, 6.07) is 2.84. The van der Waals surface area contributed by atoms with Gasteiger partial charge in [0.15, 0.2) is 0 Å². The lowest BCUT2D eigenvalue weighted by atomic mass is 10.3. The SMILES string of the molecule is COC(=O)CCN(C)S(=O)(=O)c1ccc(CC(=O)O)s1. The second kappa shape index (κ2) is 6.82. The molecule has 0 saturated heterocycles. The lowest BCUT2D eigenvalue weighted by molar-refractivity contribution is -0.140. The molecule has 1 rings (SSSR count). The maximum absolute atomic E-state index is 12.2. The predicted molar refractivity (Wildman–Crippen MR) is 72.1 cm³/mol. The zero-order chi connectivity index (χ0) is 15.3. The van der Waals surface area contributed by atoms with Gasteiger partial charge in [-0.25, -0.2) is 8.42 Å². The molecule has 0 atom stereocenters. The predicted octanol–water partition coefficient (Wildman–Crippen LogP) is 0.559. The second-order valence-electron chi connectivity index (χ2n) is 3.94. The van der Waals surface area contributed by atoms with Crippen LogP contribution in [0.2, 0.25) is 0 Å². The summed E-state index contributed by atoms with van der Waals surface area (Å²) in [6.07, 6.45) is -0.258. The Balaban J connectivity index is 2.79. The van der Waals surface area contributed by atoms with Crippen LogP contribution in [0.25, 0.3) is 0 Å². The number of hydrogen-bond donors (Lipinski definition) is 1. The monoisotopic (exact) mass is 321 g/mol. The van der Waals surface area contributed by atoms with Crippen LogP contribution in [0.15, 0.2) is 16.3 Å². The number of thiophene rings is 1.